The summed E-state index contributed by atoms with van der Waals surface area (Å²) in [5.41, 5.74) is 0.187. The SMILES string of the molecule is C[C@@H](NC(=O)c1cc(S(=O)(=O)N(C)C)ccc1Cl)C1CC1. The van der Waals surface area contributed by atoms with Crippen molar-refractivity contribution in [3.63, 3.8) is 0 Å². The average molecular weight is 331 g/mol. The number of sulfonamides is 1. The number of carbonyl (C=O) groups excluding carboxylic acids is 1. The van der Waals surface area contributed by atoms with Crippen LogP contribution in [0.4, 0.5) is 0 Å². The molecule has 0 aromatic heterocycles. The van der Waals surface area contributed by atoms with E-state index in [4.69, 9.17) is 11.6 Å². The van der Waals surface area contributed by atoms with Gasteiger partial charge >= 0.3 is 0 Å². The van der Waals surface area contributed by atoms with Crippen LogP contribution in [0.2, 0.25) is 5.02 Å². The molecule has 1 amide bonds. The number of hydrogen-bond donors (Lipinski definition) is 1. The van der Waals surface area contributed by atoms with Crippen LogP contribution in [0.1, 0.15) is 30.1 Å². The second kappa shape index (κ2) is 5.94. The molecular formula is C14H19ClN2O3S. The molecule has 0 radical (unpaired) electrons. The normalized spacial score (nSPS) is 16.8. The lowest BCUT2D eigenvalue weighted by Gasteiger charge is -2.15. The van der Waals surface area contributed by atoms with Gasteiger partial charge in [-0.3, -0.25) is 4.79 Å². The highest BCUT2D eigenvalue weighted by Crippen LogP contribution is 2.32. The Morgan fingerprint density at radius 1 is 1.38 bits per heavy atom. The number of nitrogens with zero attached hydrogens (tertiary/aromatic N) is 1. The van der Waals surface area contributed by atoms with E-state index in [2.05, 4.69) is 5.32 Å². The molecule has 1 aromatic rings. The third-order valence-corrected chi connectivity index (χ3v) is 5.79. The van der Waals surface area contributed by atoms with Gasteiger partial charge in [-0.05, 0) is 43.9 Å². The van der Waals surface area contributed by atoms with E-state index in [9.17, 15) is 13.2 Å². The van der Waals surface area contributed by atoms with Gasteiger partial charge in [0.1, 0.15) is 0 Å². The molecule has 1 saturated carbocycles. The molecule has 7 heteroatoms. The first kappa shape index (κ1) is 16.3. The lowest BCUT2D eigenvalue weighted by atomic mass is 10.1. The Morgan fingerprint density at radius 3 is 2.52 bits per heavy atom. The molecule has 0 aliphatic heterocycles. The summed E-state index contributed by atoms with van der Waals surface area (Å²) >= 11 is 6.03. The van der Waals surface area contributed by atoms with E-state index in [1.807, 2.05) is 6.92 Å². The molecule has 1 atom stereocenters. The molecule has 116 valence electrons. The van der Waals surface area contributed by atoms with Crippen LogP contribution in [0.3, 0.4) is 0 Å². The first-order chi connectivity index (χ1) is 9.73. The van der Waals surface area contributed by atoms with Crippen molar-refractivity contribution < 1.29 is 13.2 Å². The highest BCUT2D eigenvalue weighted by molar-refractivity contribution is 7.89. The van der Waals surface area contributed by atoms with Crippen LogP contribution in [-0.4, -0.2) is 38.8 Å². The lowest BCUT2D eigenvalue weighted by molar-refractivity contribution is 0.0936. The van der Waals surface area contributed by atoms with Gasteiger partial charge in [0.25, 0.3) is 5.91 Å². The lowest BCUT2D eigenvalue weighted by Crippen LogP contribution is -2.34. The summed E-state index contributed by atoms with van der Waals surface area (Å²) in [4.78, 5) is 12.3. The van der Waals surface area contributed by atoms with E-state index in [1.54, 1.807) is 0 Å². The van der Waals surface area contributed by atoms with Crippen molar-refractivity contribution in [2.45, 2.75) is 30.7 Å². The number of hydrogen-bond acceptors (Lipinski definition) is 3. The molecule has 0 bridgehead atoms. The van der Waals surface area contributed by atoms with Crippen LogP contribution in [0, 0.1) is 5.92 Å². The molecule has 5 nitrogen and oxygen atoms in total. The fraction of sp³-hybridized carbons (Fsp3) is 0.500. The van der Waals surface area contributed by atoms with E-state index >= 15 is 0 Å². The second-order valence-electron chi connectivity index (χ2n) is 5.53. The fourth-order valence-electron chi connectivity index (χ4n) is 2.05. The predicted octanol–water partition coefficient (Wildman–Crippen LogP) is 2.12. The molecule has 1 fully saturated rings. The van der Waals surface area contributed by atoms with Gasteiger partial charge < -0.3 is 5.32 Å². The highest BCUT2D eigenvalue weighted by Gasteiger charge is 2.29. The van der Waals surface area contributed by atoms with E-state index in [0.717, 1.165) is 17.1 Å². The van der Waals surface area contributed by atoms with Crippen molar-refractivity contribution in [3.05, 3.63) is 28.8 Å². The van der Waals surface area contributed by atoms with Gasteiger partial charge in [-0.25, -0.2) is 12.7 Å². The smallest absolute Gasteiger partial charge is 0.253 e. The zero-order valence-corrected chi connectivity index (χ0v) is 13.8. The van der Waals surface area contributed by atoms with Crippen LogP contribution in [-0.2, 0) is 10.0 Å². The minimum Gasteiger partial charge on any atom is -0.349 e. The van der Waals surface area contributed by atoms with Gasteiger partial charge in [0.05, 0.1) is 15.5 Å². The maximum absolute atomic E-state index is 12.3. The zero-order chi connectivity index (χ0) is 15.8. The Labute approximate surface area is 130 Å². The van der Waals surface area contributed by atoms with Crippen molar-refractivity contribution in [2.24, 2.45) is 5.92 Å². The molecular weight excluding hydrogens is 312 g/mol. The molecule has 1 aromatic carbocycles. The molecule has 0 unspecified atom stereocenters. The van der Waals surface area contributed by atoms with Crippen LogP contribution in [0.5, 0.6) is 0 Å². The summed E-state index contributed by atoms with van der Waals surface area (Å²) in [6, 6.07) is 4.24. The number of carbonyl (C=O) groups is 1. The molecule has 0 heterocycles. The van der Waals surface area contributed by atoms with E-state index in [-0.39, 0.29) is 27.4 Å². The summed E-state index contributed by atoms with van der Waals surface area (Å²) in [5.74, 6) is 0.177. The van der Waals surface area contributed by atoms with Gasteiger partial charge in [0, 0.05) is 20.1 Å². The summed E-state index contributed by atoms with van der Waals surface area (Å²) < 4.78 is 25.3. The molecule has 0 saturated heterocycles. The molecule has 0 spiro atoms. The molecule has 2 rings (SSSR count). The van der Waals surface area contributed by atoms with Crippen LogP contribution < -0.4 is 5.32 Å². The van der Waals surface area contributed by atoms with Crippen LogP contribution in [0.15, 0.2) is 23.1 Å². The predicted molar refractivity (Wildman–Crippen MR) is 82.0 cm³/mol. The number of amides is 1. The summed E-state index contributed by atoms with van der Waals surface area (Å²) in [7, 11) is -0.701. The fourth-order valence-corrected chi connectivity index (χ4v) is 3.18. The number of nitrogens with one attached hydrogen (secondary N) is 1. The largest absolute Gasteiger partial charge is 0.349 e. The van der Waals surface area contributed by atoms with E-state index < -0.39 is 10.0 Å². The molecule has 21 heavy (non-hydrogen) atoms. The first-order valence-electron chi connectivity index (χ1n) is 6.76. The molecule has 1 aliphatic carbocycles. The van der Waals surface area contributed by atoms with Crippen molar-refractivity contribution >= 4 is 27.5 Å². The Bertz CT molecular complexity index is 654. The minimum atomic E-state index is -3.59. The Morgan fingerprint density at radius 2 is 2.00 bits per heavy atom. The zero-order valence-electron chi connectivity index (χ0n) is 12.3. The molecule has 1 N–H and O–H groups in total. The number of halogens is 1. The van der Waals surface area contributed by atoms with Crippen LogP contribution >= 0.6 is 11.6 Å². The van der Waals surface area contributed by atoms with Crippen molar-refractivity contribution in [1.82, 2.24) is 9.62 Å². The Kier molecular flexibility index (Phi) is 4.60. The Hall–Kier alpha value is -1.11. The average Bonchev–Trinajstić information content (AvgIpc) is 3.22. The number of benzene rings is 1. The number of rotatable bonds is 5. The highest BCUT2D eigenvalue weighted by atomic mass is 35.5. The standard InChI is InChI=1S/C14H19ClN2O3S/c1-9(10-4-5-10)16-14(18)12-8-11(6-7-13(12)15)21(19,20)17(2)3/h6-10H,4-5H2,1-3H3,(H,16,18)/t9-/m1/s1. The topological polar surface area (TPSA) is 66.5 Å². The quantitative estimate of drug-likeness (QED) is 0.899. The Balaban J connectivity index is 2.28. The maximum Gasteiger partial charge on any atom is 0.253 e. The van der Waals surface area contributed by atoms with Crippen molar-refractivity contribution in [1.29, 1.82) is 0 Å². The summed E-state index contributed by atoms with van der Waals surface area (Å²) in [6.07, 6.45) is 2.23. The second-order valence-corrected chi connectivity index (χ2v) is 8.09. The van der Waals surface area contributed by atoms with E-state index in [0.29, 0.717) is 5.92 Å². The van der Waals surface area contributed by atoms with E-state index in [1.165, 1.54) is 32.3 Å². The summed E-state index contributed by atoms with van der Waals surface area (Å²) in [6.45, 7) is 1.95. The van der Waals surface area contributed by atoms with Gasteiger partial charge in [0.2, 0.25) is 10.0 Å². The monoisotopic (exact) mass is 330 g/mol. The van der Waals surface area contributed by atoms with Gasteiger partial charge in [-0.2, -0.15) is 0 Å². The minimum absolute atomic E-state index is 0.0566. The first-order valence-corrected chi connectivity index (χ1v) is 8.58. The third kappa shape index (κ3) is 3.56. The van der Waals surface area contributed by atoms with Crippen molar-refractivity contribution in [3.8, 4) is 0 Å². The maximum atomic E-state index is 12.3. The van der Waals surface area contributed by atoms with Gasteiger partial charge in [-0.1, -0.05) is 11.6 Å². The van der Waals surface area contributed by atoms with Gasteiger partial charge in [0.15, 0.2) is 0 Å². The summed E-state index contributed by atoms with van der Waals surface area (Å²) in [5, 5.41) is 3.12. The third-order valence-electron chi connectivity index (χ3n) is 3.65. The van der Waals surface area contributed by atoms with Crippen molar-refractivity contribution in [2.75, 3.05) is 14.1 Å². The van der Waals surface area contributed by atoms with Crippen LogP contribution in [0.25, 0.3) is 0 Å². The van der Waals surface area contributed by atoms with Gasteiger partial charge in [-0.15, -0.1) is 0 Å². The molecule has 1 aliphatic rings.